The molecule has 0 radical (unpaired) electrons. The number of carbonyl (C=O) groups is 1. The van der Waals surface area contributed by atoms with E-state index >= 15 is 0 Å². The van der Waals surface area contributed by atoms with Gasteiger partial charge in [-0.1, -0.05) is 12.1 Å². The number of nitrogens with zero attached hydrogens (tertiary/aromatic N) is 1. The molecule has 0 saturated carbocycles. The van der Waals surface area contributed by atoms with Crippen LogP contribution in [0.15, 0.2) is 29.6 Å². The van der Waals surface area contributed by atoms with Gasteiger partial charge in [0.15, 0.2) is 0 Å². The maximum Gasteiger partial charge on any atom is 0.223 e. The summed E-state index contributed by atoms with van der Waals surface area (Å²) in [6.07, 6.45) is 0.290. The summed E-state index contributed by atoms with van der Waals surface area (Å²) in [6.45, 7) is 2.70. The van der Waals surface area contributed by atoms with E-state index in [1.165, 1.54) is 0 Å². The fourth-order valence-corrected chi connectivity index (χ4v) is 2.32. The highest BCUT2D eigenvalue weighted by Crippen LogP contribution is 2.19. The zero-order valence-electron chi connectivity index (χ0n) is 11.3. The van der Waals surface area contributed by atoms with Gasteiger partial charge in [0.1, 0.15) is 10.8 Å². The normalized spacial score (nSPS) is 10.2. The van der Waals surface area contributed by atoms with Crippen molar-refractivity contribution in [3.05, 3.63) is 40.3 Å². The minimum Gasteiger partial charge on any atom is -0.491 e. The number of rotatable bonds is 6. The number of amides is 1. The third-order valence-corrected chi connectivity index (χ3v) is 3.58. The van der Waals surface area contributed by atoms with Gasteiger partial charge in [-0.15, -0.1) is 11.3 Å². The minimum atomic E-state index is -0.0626. The molecule has 0 aliphatic heterocycles. The minimum absolute atomic E-state index is 0.0626. The monoisotopic (exact) mass is 291 g/mol. The van der Waals surface area contributed by atoms with E-state index < -0.39 is 0 Å². The van der Waals surface area contributed by atoms with Gasteiger partial charge in [0, 0.05) is 11.1 Å². The molecule has 0 unspecified atom stereocenters. The van der Waals surface area contributed by atoms with Crippen LogP contribution in [0.5, 0.6) is 5.75 Å². The van der Waals surface area contributed by atoms with E-state index in [4.69, 9.17) is 10.5 Å². The fourth-order valence-electron chi connectivity index (χ4n) is 1.61. The van der Waals surface area contributed by atoms with E-state index in [0.29, 0.717) is 31.0 Å². The number of benzene rings is 1. The lowest BCUT2D eigenvalue weighted by atomic mass is 10.3. The Bertz CT molecular complexity index is 583. The standard InChI is InChI=1S/C14H17N3O2S/c1-10-9-20-14(17-10)8-16-13(18)6-7-19-12-5-3-2-4-11(12)15/h2-5,9H,6-8,15H2,1H3,(H,16,18). The molecule has 0 spiro atoms. The highest BCUT2D eigenvalue weighted by Gasteiger charge is 2.05. The Labute approximate surface area is 121 Å². The van der Waals surface area contributed by atoms with E-state index in [9.17, 15) is 4.79 Å². The van der Waals surface area contributed by atoms with Crippen LogP contribution in [0.4, 0.5) is 5.69 Å². The molecule has 5 nitrogen and oxygen atoms in total. The van der Waals surface area contributed by atoms with E-state index in [2.05, 4.69) is 10.3 Å². The first-order valence-corrected chi connectivity index (χ1v) is 7.18. The zero-order valence-corrected chi connectivity index (χ0v) is 12.1. The largest absolute Gasteiger partial charge is 0.491 e. The number of para-hydroxylation sites is 2. The van der Waals surface area contributed by atoms with Crippen LogP contribution in [0, 0.1) is 6.92 Å². The second-order valence-electron chi connectivity index (χ2n) is 4.30. The predicted octanol–water partition coefficient (Wildman–Crippen LogP) is 2.12. The van der Waals surface area contributed by atoms with Crippen LogP contribution in [-0.4, -0.2) is 17.5 Å². The summed E-state index contributed by atoms with van der Waals surface area (Å²) < 4.78 is 5.46. The molecule has 0 bridgehead atoms. The number of hydrogen-bond acceptors (Lipinski definition) is 5. The number of thiazole rings is 1. The molecule has 6 heteroatoms. The van der Waals surface area contributed by atoms with Crippen molar-refractivity contribution >= 4 is 22.9 Å². The molecule has 2 aromatic rings. The van der Waals surface area contributed by atoms with Gasteiger partial charge in [0.05, 0.1) is 25.3 Å². The topological polar surface area (TPSA) is 77.2 Å². The summed E-state index contributed by atoms with van der Waals surface area (Å²) in [5.41, 5.74) is 7.29. The Morgan fingerprint density at radius 2 is 2.25 bits per heavy atom. The third-order valence-electron chi connectivity index (χ3n) is 2.61. The SMILES string of the molecule is Cc1csc(CNC(=O)CCOc2ccccc2N)n1. The van der Waals surface area contributed by atoms with E-state index in [-0.39, 0.29) is 5.91 Å². The molecule has 0 fully saturated rings. The van der Waals surface area contributed by atoms with Gasteiger partial charge in [0.25, 0.3) is 0 Å². The van der Waals surface area contributed by atoms with Crippen molar-refractivity contribution in [2.45, 2.75) is 19.9 Å². The summed E-state index contributed by atoms with van der Waals surface area (Å²) in [5.74, 6) is 0.545. The number of aromatic nitrogens is 1. The van der Waals surface area contributed by atoms with Crippen molar-refractivity contribution in [2.24, 2.45) is 0 Å². The number of aryl methyl sites for hydroxylation is 1. The lowest BCUT2D eigenvalue weighted by Crippen LogP contribution is -2.24. The maximum absolute atomic E-state index is 11.7. The van der Waals surface area contributed by atoms with E-state index in [1.54, 1.807) is 23.5 Å². The van der Waals surface area contributed by atoms with Crippen molar-refractivity contribution in [2.75, 3.05) is 12.3 Å². The average molecular weight is 291 g/mol. The maximum atomic E-state index is 11.7. The summed E-state index contributed by atoms with van der Waals surface area (Å²) >= 11 is 1.54. The molecule has 2 rings (SSSR count). The van der Waals surface area contributed by atoms with Crippen LogP contribution in [0.25, 0.3) is 0 Å². The van der Waals surface area contributed by atoms with Gasteiger partial charge in [-0.25, -0.2) is 4.98 Å². The van der Waals surface area contributed by atoms with Crippen molar-refractivity contribution in [3.63, 3.8) is 0 Å². The molecule has 1 amide bonds. The smallest absolute Gasteiger partial charge is 0.223 e. The molecule has 0 saturated heterocycles. The van der Waals surface area contributed by atoms with Crippen LogP contribution in [-0.2, 0) is 11.3 Å². The first-order chi connectivity index (χ1) is 9.65. The number of carbonyl (C=O) groups excluding carboxylic acids is 1. The van der Waals surface area contributed by atoms with Gasteiger partial charge in [0.2, 0.25) is 5.91 Å². The summed E-state index contributed by atoms with van der Waals surface area (Å²) in [6, 6.07) is 7.23. The second-order valence-corrected chi connectivity index (χ2v) is 5.24. The predicted molar refractivity (Wildman–Crippen MR) is 79.7 cm³/mol. The molecule has 3 N–H and O–H groups in total. The molecular weight excluding hydrogens is 274 g/mol. The molecule has 20 heavy (non-hydrogen) atoms. The lowest BCUT2D eigenvalue weighted by molar-refractivity contribution is -0.121. The Morgan fingerprint density at radius 1 is 1.45 bits per heavy atom. The molecular formula is C14H17N3O2S. The molecule has 1 aromatic carbocycles. The van der Waals surface area contributed by atoms with Crippen molar-refractivity contribution in [1.29, 1.82) is 0 Å². The van der Waals surface area contributed by atoms with Gasteiger partial charge < -0.3 is 15.8 Å². The summed E-state index contributed by atoms with van der Waals surface area (Å²) in [5, 5.41) is 5.68. The number of ether oxygens (including phenoxy) is 1. The van der Waals surface area contributed by atoms with Crippen LogP contribution in [0.3, 0.4) is 0 Å². The Hall–Kier alpha value is -2.08. The number of nitrogens with one attached hydrogen (secondary N) is 1. The number of nitrogens with two attached hydrogens (primary N) is 1. The Kier molecular flexibility index (Phi) is 4.95. The second kappa shape index (κ2) is 6.91. The summed E-state index contributed by atoms with van der Waals surface area (Å²) in [7, 11) is 0. The fraction of sp³-hybridized carbons (Fsp3) is 0.286. The quantitative estimate of drug-likeness (QED) is 0.799. The molecule has 106 valence electrons. The van der Waals surface area contributed by atoms with Crippen LogP contribution in [0.1, 0.15) is 17.1 Å². The molecule has 0 aliphatic rings. The average Bonchev–Trinajstić information content (AvgIpc) is 2.84. The number of hydrogen-bond donors (Lipinski definition) is 2. The zero-order chi connectivity index (χ0) is 14.4. The van der Waals surface area contributed by atoms with Crippen LogP contribution < -0.4 is 15.8 Å². The van der Waals surface area contributed by atoms with Crippen molar-refractivity contribution < 1.29 is 9.53 Å². The highest BCUT2D eigenvalue weighted by molar-refractivity contribution is 7.09. The van der Waals surface area contributed by atoms with Crippen molar-refractivity contribution in [3.8, 4) is 5.75 Å². The number of anilines is 1. The molecule has 0 atom stereocenters. The first kappa shape index (κ1) is 14.3. The number of nitrogen functional groups attached to an aromatic ring is 1. The first-order valence-electron chi connectivity index (χ1n) is 6.30. The third kappa shape index (κ3) is 4.24. The molecule has 1 aromatic heterocycles. The van der Waals surface area contributed by atoms with E-state index in [1.807, 2.05) is 24.4 Å². The van der Waals surface area contributed by atoms with Crippen LogP contribution in [0.2, 0.25) is 0 Å². The lowest BCUT2D eigenvalue weighted by Gasteiger charge is -2.08. The molecule has 0 aliphatic carbocycles. The van der Waals surface area contributed by atoms with Gasteiger partial charge in [-0.05, 0) is 19.1 Å². The van der Waals surface area contributed by atoms with Crippen LogP contribution >= 0.6 is 11.3 Å². The Balaban J connectivity index is 1.69. The van der Waals surface area contributed by atoms with E-state index in [0.717, 1.165) is 10.7 Å². The van der Waals surface area contributed by atoms with Gasteiger partial charge in [-0.2, -0.15) is 0 Å². The summed E-state index contributed by atoms with van der Waals surface area (Å²) in [4.78, 5) is 15.9. The Morgan fingerprint density at radius 3 is 2.95 bits per heavy atom. The highest BCUT2D eigenvalue weighted by atomic mass is 32.1. The van der Waals surface area contributed by atoms with Gasteiger partial charge in [-0.3, -0.25) is 4.79 Å². The molecule has 1 heterocycles. The van der Waals surface area contributed by atoms with Crippen molar-refractivity contribution in [1.82, 2.24) is 10.3 Å². The van der Waals surface area contributed by atoms with Gasteiger partial charge >= 0.3 is 0 Å².